The second-order valence-electron chi connectivity index (χ2n) is 10.2. The van der Waals surface area contributed by atoms with E-state index < -0.39 is 0 Å². The highest BCUT2D eigenvalue weighted by Crippen LogP contribution is 2.26. The van der Waals surface area contributed by atoms with Crippen molar-refractivity contribution in [2.24, 2.45) is 5.92 Å². The lowest BCUT2D eigenvalue weighted by Crippen LogP contribution is -2.08. The van der Waals surface area contributed by atoms with E-state index >= 15 is 0 Å². The van der Waals surface area contributed by atoms with E-state index in [4.69, 9.17) is 9.47 Å². The predicted octanol–water partition coefficient (Wildman–Crippen LogP) is 9.47. The number of rotatable bonds is 11. The van der Waals surface area contributed by atoms with Gasteiger partial charge in [0.15, 0.2) is 0 Å². The summed E-state index contributed by atoms with van der Waals surface area (Å²) in [6.07, 6.45) is 7.00. The maximum atomic E-state index is 12.8. The number of hydrogen-bond donors (Lipinski definition) is 0. The molecule has 39 heavy (non-hydrogen) atoms. The molecule has 0 aromatic heterocycles. The average molecular weight is 519 g/mol. The van der Waals surface area contributed by atoms with Crippen molar-refractivity contribution < 1.29 is 14.3 Å². The molecule has 0 saturated heterocycles. The van der Waals surface area contributed by atoms with Gasteiger partial charge in [-0.25, -0.2) is 4.79 Å². The molecule has 0 aliphatic heterocycles. The first kappa shape index (κ1) is 28.0. The van der Waals surface area contributed by atoms with Crippen LogP contribution in [0.1, 0.15) is 75.2 Å². The number of ether oxygens (including phenoxy) is 2. The van der Waals surface area contributed by atoms with Crippen LogP contribution in [0.25, 0.3) is 21.9 Å². The third-order valence-corrected chi connectivity index (χ3v) is 6.95. The summed E-state index contributed by atoms with van der Waals surface area (Å²) in [4.78, 5) is 12.8. The summed E-state index contributed by atoms with van der Waals surface area (Å²) in [5.41, 5.74) is 3.67. The summed E-state index contributed by atoms with van der Waals surface area (Å²) in [5.74, 6) is 8.05. The topological polar surface area (TPSA) is 35.5 Å². The van der Waals surface area contributed by atoms with Crippen molar-refractivity contribution in [3.63, 3.8) is 0 Å². The van der Waals surface area contributed by atoms with Crippen molar-refractivity contribution in [2.45, 2.75) is 59.3 Å². The molecule has 0 saturated carbocycles. The molecule has 0 heterocycles. The molecule has 0 aliphatic rings. The number of carbonyl (C=O) groups excluding carboxylic acids is 1. The number of fused-ring (bicyclic) bond motifs is 1. The number of unbranched alkanes of at least 4 members (excludes halogenated alkanes) is 4. The summed E-state index contributed by atoms with van der Waals surface area (Å²) in [5, 5.41) is 2.04. The van der Waals surface area contributed by atoms with Crippen LogP contribution in [0.2, 0.25) is 0 Å². The summed E-state index contributed by atoms with van der Waals surface area (Å²) >= 11 is 0. The molecule has 3 heteroatoms. The Morgan fingerprint density at radius 1 is 0.769 bits per heavy atom. The van der Waals surface area contributed by atoms with Gasteiger partial charge in [0.05, 0.1) is 12.2 Å². The molecule has 0 aliphatic carbocycles. The second-order valence-corrected chi connectivity index (χ2v) is 10.2. The van der Waals surface area contributed by atoms with Crippen LogP contribution in [0.3, 0.4) is 0 Å². The highest BCUT2D eigenvalue weighted by atomic mass is 16.5. The van der Waals surface area contributed by atoms with Gasteiger partial charge in [-0.1, -0.05) is 94.7 Å². The lowest BCUT2D eigenvalue weighted by atomic mass is 10.0. The first-order valence-electron chi connectivity index (χ1n) is 14.1. The van der Waals surface area contributed by atoms with Crippen LogP contribution in [0.4, 0.5) is 0 Å². The Labute approximate surface area is 233 Å². The van der Waals surface area contributed by atoms with Crippen molar-refractivity contribution in [1.29, 1.82) is 0 Å². The minimum Gasteiger partial charge on any atom is -0.493 e. The summed E-state index contributed by atoms with van der Waals surface area (Å²) in [6.45, 7) is 7.27. The Morgan fingerprint density at radius 3 is 2.08 bits per heavy atom. The second kappa shape index (κ2) is 14.2. The average Bonchev–Trinajstić information content (AvgIpc) is 2.98. The first-order valence-corrected chi connectivity index (χ1v) is 14.1. The lowest BCUT2D eigenvalue weighted by molar-refractivity contribution is 0.0735. The van der Waals surface area contributed by atoms with Crippen LogP contribution in [-0.4, -0.2) is 12.6 Å². The van der Waals surface area contributed by atoms with Gasteiger partial charge < -0.3 is 9.47 Å². The minimum atomic E-state index is -0.376. The molecule has 0 bridgehead atoms. The van der Waals surface area contributed by atoms with Gasteiger partial charge in [0, 0.05) is 12.0 Å². The molecule has 0 spiro atoms. The number of benzene rings is 4. The van der Waals surface area contributed by atoms with Gasteiger partial charge in [0.2, 0.25) is 0 Å². The van der Waals surface area contributed by atoms with Crippen LogP contribution < -0.4 is 9.47 Å². The number of hydrogen-bond acceptors (Lipinski definition) is 3. The first-order chi connectivity index (χ1) is 19.1. The molecule has 4 aromatic rings. The van der Waals surface area contributed by atoms with Gasteiger partial charge in [-0.2, -0.15) is 0 Å². The molecule has 4 aromatic carbocycles. The van der Waals surface area contributed by atoms with E-state index in [1.54, 1.807) is 0 Å². The Bertz CT molecular complexity index is 1420. The van der Waals surface area contributed by atoms with Crippen molar-refractivity contribution in [1.82, 2.24) is 0 Å². The summed E-state index contributed by atoms with van der Waals surface area (Å²) < 4.78 is 11.6. The van der Waals surface area contributed by atoms with E-state index in [2.05, 4.69) is 56.9 Å². The van der Waals surface area contributed by atoms with Crippen molar-refractivity contribution in [2.75, 3.05) is 6.61 Å². The smallest absolute Gasteiger partial charge is 0.343 e. The van der Waals surface area contributed by atoms with E-state index in [1.165, 1.54) is 25.7 Å². The maximum Gasteiger partial charge on any atom is 0.343 e. The molecule has 0 amide bonds. The molecule has 1 unspecified atom stereocenters. The van der Waals surface area contributed by atoms with E-state index in [0.717, 1.165) is 46.1 Å². The highest BCUT2D eigenvalue weighted by Gasteiger charge is 2.10. The minimum absolute atomic E-state index is 0.376. The summed E-state index contributed by atoms with van der Waals surface area (Å²) in [7, 11) is 0. The van der Waals surface area contributed by atoms with Crippen molar-refractivity contribution in [3.8, 4) is 34.5 Å². The van der Waals surface area contributed by atoms with Crippen LogP contribution >= 0.6 is 0 Å². The van der Waals surface area contributed by atoms with Crippen LogP contribution in [-0.2, 0) is 0 Å². The normalized spacial score (nSPS) is 11.5. The molecule has 0 N–H and O–H groups in total. The third kappa shape index (κ3) is 8.23. The van der Waals surface area contributed by atoms with Crippen LogP contribution in [0.15, 0.2) is 84.9 Å². The molecule has 0 radical (unpaired) electrons. The van der Waals surface area contributed by atoms with Gasteiger partial charge in [0.1, 0.15) is 11.5 Å². The quantitative estimate of drug-likeness (QED) is 0.0858. The zero-order valence-electron chi connectivity index (χ0n) is 23.3. The van der Waals surface area contributed by atoms with Gasteiger partial charge in [-0.3, -0.25) is 0 Å². The Hall–Kier alpha value is -4.03. The predicted molar refractivity (Wildman–Crippen MR) is 161 cm³/mol. The maximum absolute atomic E-state index is 12.8. The fourth-order valence-corrected chi connectivity index (χ4v) is 4.23. The fraction of sp³-hybridized carbons (Fsp3) is 0.306. The lowest BCUT2D eigenvalue weighted by Gasteiger charge is -2.12. The highest BCUT2D eigenvalue weighted by molar-refractivity contribution is 5.93. The Balaban J connectivity index is 1.34. The Kier molecular flexibility index (Phi) is 10.2. The number of carbonyl (C=O) groups is 1. The zero-order valence-corrected chi connectivity index (χ0v) is 23.3. The molecule has 0 fully saturated rings. The summed E-state index contributed by atoms with van der Waals surface area (Å²) in [6, 6.07) is 27.4. The van der Waals surface area contributed by atoms with Gasteiger partial charge in [0.25, 0.3) is 0 Å². The van der Waals surface area contributed by atoms with E-state index in [0.29, 0.717) is 23.8 Å². The van der Waals surface area contributed by atoms with Crippen LogP contribution in [0, 0.1) is 17.8 Å². The molecule has 200 valence electrons. The largest absolute Gasteiger partial charge is 0.493 e. The van der Waals surface area contributed by atoms with E-state index in [1.807, 2.05) is 60.7 Å². The molecule has 4 rings (SSSR count). The van der Waals surface area contributed by atoms with Crippen molar-refractivity contribution >= 4 is 16.7 Å². The van der Waals surface area contributed by atoms with Gasteiger partial charge >= 0.3 is 5.97 Å². The fourth-order valence-electron chi connectivity index (χ4n) is 4.23. The van der Waals surface area contributed by atoms with E-state index in [-0.39, 0.29) is 5.97 Å². The SMILES string of the molecule is CCCCCCC#Cc1ccc(-c2ccc(C(=O)Oc3ccc4cc(OCC(C)CC)ccc4c3)cc2)cc1. The van der Waals surface area contributed by atoms with Gasteiger partial charge in [-0.15, -0.1) is 0 Å². The zero-order chi connectivity index (χ0) is 27.5. The van der Waals surface area contributed by atoms with Gasteiger partial charge in [-0.05, 0) is 82.8 Å². The Morgan fingerprint density at radius 2 is 1.41 bits per heavy atom. The molecular formula is C36H38O3. The van der Waals surface area contributed by atoms with Crippen LogP contribution in [0.5, 0.6) is 11.5 Å². The molecule has 3 nitrogen and oxygen atoms in total. The standard InChI is InChI=1S/C36H38O3/c1-4-6-7-8-9-10-11-28-12-14-29(15-13-28)30-16-18-31(19-17-30)36(37)39-35-23-21-32-24-34(22-20-33(32)25-35)38-26-27(3)5-2/h12-25,27H,4-9,26H2,1-3H3. The molecular weight excluding hydrogens is 480 g/mol. The number of esters is 1. The van der Waals surface area contributed by atoms with Crippen molar-refractivity contribution in [3.05, 3.63) is 96.1 Å². The third-order valence-electron chi connectivity index (χ3n) is 6.95. The van der Waals surface area contributed by atoms with E-state index in [9.17, 15) is 4.79 Å². The molecule has 1 atom stereocenters. The monoisotopic (exact) mass is 518 g/mol.